The molecule has 34 heavy (non-hydrogen) atoms. The minimum atomic E-state index is 0.803. The normalized spacial score (nSPS) is 15.8. The minimum Gasteiger partial charge on any atom is -0.308 e. The number of aromatic nitrogens is 3. The third-order valence-electron chi connectivity index (χ3n) is 6.74. The molecule has 6 heteroatoms. The van der Waals surface area contributed by atoms with Gasteiger partial charge >= 0.3 is 0 Å². The van der Waals surface area contributed by atoms with Crippen LogP contribution in [0.15, 0.2) is 36.4 Å². The Labute approximate surface area is 204 Å². The summed E-state index contributed by atoms with van der Waals surface area (Å²) in [6.07, 6.45) is 5.46. The van der Waals surface area contributed by atoms with E-state index in [1.54, 1.807) is 0 Å². The third kappa shape index (κ3) is 6.12. The summed E-state index contributed by atoms with van der Waals surface area (Å²) >= 11 is 0. The molecule has 1 fully saturated rings. The number of piperazine rings is 1. The van der Waals surface area contributed by atoms with Crippen molar-refractivity contribution in [1.29, 1.82) is 0 Å². The molecule has 0 atom stereocenters. The van der Waals surface area contributed by atoms with E-state index in [9.17, 15) is 0 Å². The number of benzene rings is 1. The van der Waals surface area contributed by atoms with Gasteiger partial charge in [0.05, 0.1) is 6.54 Å². The number of fused-ring (bicyclic) bond motifs is 1. The van der Waals surface area contributed by atoms with Gasteiger partial charge < -0.3 is 9.47 Å². The van der Waals surface area contributed by atoms with Gasteiger partial charge in [0.1, 0.15) is 11.3 Å². The molecule has 0 radical (unpaired) electrons. The van der Waals surface area contributed by atoms with E-state index < -0.39 is 0 Å². The van der Waals surface area contributed by atoms with Crippen LogP contribution >= 0.6 is 0 Å². The molecule has 3 heterocycles. The quantitative estimate of drug-likeness (QED) is 0.485. The van der Waals surface area contributed by atoms with Gasteiger partial charge in [-0.05, 0) is 50.7 Å². The maximum Gasteiger partial charge on any atom is 0.160 e. The molecule has 6 nitrogen and oxygen atoms in total. The second kappa shape index (κ2) is 11.3. The number of pyridine rings is 1. The largest absolute Gasteiger partial charge is 0.308 e. The lowest BCUT2D eigenvalue weighted by atomic mass is 10.1. The molecule has 0 aliphatic carbocycles. The molecule has 4 rings (SSSR count). The van der Waals surface area contributed by atoms with Crippen molar-refractivity contribution in [1.82, 2.24) is 29.2 Å². The lowest BCUT2D eigenvalue weighted by Gasteiger charge is -2.34. The molecule has 1 aromatic carbocycles. The maximum atomic E-state index is 4.87. The Morgan fingerprint density at radius 1 is 0.971 bits per heavy atom. The molecule has 1 saturated heterocycles. The first-order valence-electron chi connectivity index (χ1n) is 12.6. The molecule has 1 aliphatic heterocycles. The molecular formula is C28H40N6. The van der Waals surface area contributed by atoms with Crippen LogP contribution < -0.4 is 0 Å². The van der Waals surface area contributed by atoms with Gasteiger partial charge in [0, 0.05) is 57.9 Å². The molecule has 0 unspecified atom stereocenters. The van der Waals surface area contributed by atoms with Gasteiger partial charge in [0.15, 0.2) is 5.65 Å². The summed E-state index contributed by atoms with van der Waals surface area (Å²) in [6.45, 7) is 15.1. The standard InChI is InChI=1S/C28H40N6/c1-6-26-30-27-22(2)20-23(3)29-28(27)34(26)21-25-11-9-24(10-12-25)8-7-13-32-16-18-33(19-17-32)15-14-31(4)5/h7-12,20H,6,13-19,21H2,1-5H3. The van der Waals surface area contributed by atoms with Crippen molar-refractivity contribution in [2.24, 2.45) is 0 Å². The Hall–Kier alpha value is -2.54. The number of rotatable bonds is 9. The molecule has 0 saturated carbocycles. The summed E-state index contributed by atoms with van der Waals surface area (Å²) < 4.78 is 2.28. The van der Waals surface area contributed by atoms with Gasteiger partial charge in [-0.15, -0.1) is 0 Å². The summed E-state index contributed by atoms with van der Waals surface area (Å²) in [6, 6.07) is 11.0. The zero-order chi connectivity index (χ0) is 24.1. The maximum absolute atomic E-state index is 4.87. The van der Waals surface area contributed by atoms with E-state index in [4.69, 9.17) is 9.97 Å². The molecule has 1 aliphatic rings. The van der Waals surface area contributed by atoms with Crippen molar-refractivity contribution < 1.29 is 0 Å². The second-order valence-corrected chi connectivity index (χ2v) is 9.81. The number of likely N-dealkylation sites (N-methyl/N-ethyl adjacent to an activating group) is 1. The van der Waals surface area contributed by atoms with Crippen LogP contribution in [-0.2, 0) is 13.0 Å². The fourth-order valence-electron chi connectivity index (χ4n) is 4.68. The van der Waals surface area contributed by atoms with Crippen LogP contribution in [0.25, 0.3) is 17.2 Å². The van der Waals surface area contributed by atoms with Crippen LogP contribution in [0.2, 0.25) is 0 Å². The highest BCUT2D eigenvalue weighted by atomic mass is 15.3. The van der Waals surface area contributed by atoms with Crippen molar-refractivity contribution in [2.75, 3.05) is 59.9 Å². The highest BCUT2D eigenvalue weighted by Gasteiger charge is 2.16. The number of nitrogens with zero attached hydrogens (tertiary/aromatic N) is 6. The van der Waals surface area contributed by atoms with Gasteiger partial charge in [0.25, 0.3) is 0 Å². The number of hydrogen-bond donors (Lipinski definition) is 0. The van der Waals surface area contributed by atoms with E-state index in [2.05, 4.69) is 96.6 Å². The smallest absolute Gasteiger partial charge is 0.160 e. The summed E-state index contributed by atoms with van der Waals surface area (Å²) in [4.78, 5) is 17.1. The van der Waals surface area contributed by atoms with Crippen LogP contribution in [-0.4, -0.2) is 89.1 Å². The molecule has 3 aromatic rings. The van der Waals surface area contributed by atoms with E-state index in [0.717, 1.165) is 61.8 Å². The molecule has 0 N–H and O–H groups in total. The van der Waals surface area contributed by atoms with Crippen LogP contribution in [0, 0.1) is 13.8 Å². The second-order valence-electron chi connectivity index (χ2n) is 9.81. The molecular weight excluding hydrogens is 420 g/mol. The van der Waals surface area contributed by atoms with E-state index in [1.807, 2.05) is 0 Å². The molecule has 0 spiro atoms. The SMILES string of the molecule is CCc1nc2c(C)cc(C)nc2n1Cc1ccc(C=CCN2CCN(CCN(C)C)CC2)cc1. The number of hydrogen-bond acceptors (Lipinski definition) is 5. The predicted molar refractivity (Wildman–Crippen MR) is 142 cm³/mol. The Balaban J connectivity index is 1.33. The Kier molecular flexibility index (Phi) is 8.14. The van der Waals surface area contributed by atoms with E-state index in [-0.39, 0.29) is 0 Å². The molecule has 2 aromatic heterocycles. The summed E-state index contributed by atoms with van der Waals surface area (Å²) in [5.74, 6) is 1.10. The van der Waals surface area contributed by atoms with E-state index in [0.29, 0.717) is 0 Å². The Bertz CT molecular complexity index is 1100. The Morgan fingerprint density at radius 2 is 1.68 bits per heavy atom. The first-order chi connectivity index (χ1) is 16.4. The van der Waals surface area contributed by atoms with Crippen molar-refractivity contribution >= 4 is 17.2 Å². The third-order valence-corrected chi connectivity index (χ3v) is 6.74. The highest BCUT2D eigenvalue weighted by Crippen LogP contribution is 2.21. The van der Waals surface area contributed by atoms with Gasteiger partial charge in [0.2, 0.25) is 0 Å². The summed E-state index contributed by atoms with van der Waals surface area (Å²) in [7, 11) is 4.29. The van der Waals surface area contributed by atoms with Crippen molar-refractivity contribution in [3.63, 3.8) is 0 Å². The molecule has 0 amide bonds. The van der Waals surface area contributed by atoms with Crippen molar-refractivity contribution in [3.8, 4) is 0 Å². The highest BCUT2D eigenvalue weighted by molar-refractivity contribution is 5.76. The fourth-order valence-corrected chi connectivity index (χ4v) is 4.68. The number of imidazole rings is 1. The van der Waals surface area contributed by atoms with Crippen LogP contribution in [0.5, 0.6) is 0 Å². The first-order valence-corrected chi connectivity index (χ1v) is 12.6. The first kappa shape index (κ1) is 24.6. The average molecular weight is 461 g/mol. The van der Waals surface area contributed by atoms with Crippen molar-refractivity contribution in [3.05, 3.63) is 64.6 Å². The van der Waals surface area contributed by atoms with E-state index in [1.165, 1.54) is 36.3 Å². The van der Waals surface area contributed by atoms with Crippen molar-refractivity contribution in [2.45, 2.75) is 33.7 Å². The molecule has 182 valence electrons. The summed E-state index contributed by atoms with van der Waals surface area (Å²) in [5.41, 5.74) is 6.81. The predicted octanol–water partition coefficient (Wildman–Crippen LogP) is 3.85. The van der Waals surface area contributed by atoms with Crippen LogP contribution in [0.3, 0.4) is 0 Å². The topological polar surface area (TPSA) is 40.4 Å². The fraction of sp³-hybridized carbons (Fsp3) is 0.500. The summed E-state index contributed by atoms with van der Waals surface area (Å²) in [5, 5.41) is 0. The average Bonchev–Trinajstić information content (AvgIpc) is 3.17. The van der Waals surface area contributed by atoms with Gasteiger partial charge in [-0.3, -0.25) is 9.80 Å². The lowest BCUT2D eigenvalue weighted by Crippen LogP contribution is -2.47. The number of aryl methyl sites for hydroxylation is 3. The minimum absolute atomic E-state index is 0.803. The van der Waals surface area contributed by atoms with Crippen LogP contribution in [0.4, 0.5) is 0 Å². The van der Waals surface area contributed by atoms with Crippen LogP contribution in [0.1, 0.15) is 35.1 Å². The van der Waals surface area contributed by atoms with Gasteiger partial charge in [-0.2, -0.15) is 0 Å². The monoisotopic (exact) mass is 460 g/mol. The zero-order valence-electron chi connectivity index (χ0n) is 21.6. The van der Waals surface area contributed by atoms with E-state index >= 15 is 0 Å². The lowest BCUT2D eigenvalue weighted by molar-refractivity contribution is 0.134. The molecule has 0 bridgehead atoms. The Morgan fingerprint density at radius 3 is 2.35 bits per heavy atom. The van der Waals surface area contributed by atoms with Gasteiger partial charge in [-0.1, -0.05) is 43.3 Å². The zero-order valence-corrected chi connectivity index (χ0v) is 21.6. The van der Waals surface area contributed by atoms with Gasteiger partial charge in [-0.25, -0.2) is 9.97 Å².